The second kappa shape index (κ2) is 7.84. The Morgan fingerprint density at radius 3 is 2.56 bits per heavy atom. The number of fused-ring (bicyclic) bond motifs is 1. The number of aromatic nitrogens is 1. The number of carbonyl (C=O) groups excluding carboxylic acids is 1. The smallest absolute Gasteiger partial charge is 0.224 e. The van der Waals surface area contributed by atoms with Gasteiger partial charge in [-0.15, -0.1) is 0 Å². The lowest BCUT2D eigenvalue weighted by Crippen LogP contribution is -2.44. The summed E-state index contributed by atoms with van der Waals surface area (Å²) in [5, 5.41) is 4.15. The van der Waals surface area contributed by atoms with Crippen LogP contribution in [-0.4, -0.2) is 49.0 Å². The third-order valence-corrected chi connectivity index (χ3v) is 5.32. The van der Waals surface area contributed by atoms with Crippen molar-refractivity contribution in [2.24, 2.45) is 0 Å². The molecule has 0 unspecified atom stereocenters. The number of aromatic amines is 1. The molecule has 1 saturated heterocycles. The van der Waals surface area contributed by atoms with Crippen molar-refractivity contribution < 1.29 is 4.79 Å². The van der Waals surface area contributed by atoms with Gasteiger partial charge in [0.2, 0.25) is 5.91 Å². The highest BCUT2D eigenvalue weighted by atomic mass is 16.1. The van der Waals surface area contributed by atoms with E-state index in [1.807, 2.05) is 30.5 Å². The largest absolute Gasteiger partial charge is 0.369 e. The molecule has 3 aromatic rings. The molecule has 1 aliphatic heterocycles. The zero-order valence-electron chi connectivity index (χ0n) is 15.7. The number of nitrogens with one attached hydrogen (secondary N) is 2. The van der Waals surface area contributed by atoms with Crippen LogP contribution in [0, 0.1) is 0 Å². The summed E-state index contributed by atoms with van der Waals surface area (Å²) in [5.74, 6) is 0.0443. The van der Waals surface area contributed by atoms with Crippen LogP contribution in [0.15, 0.2) is 54.7 Å². The molecule has 0 radical (unpaired) electrons. The molecule has 0 atom stereocenters. The third-order valence-electron chi connectivity index (χ3n) is 5.32. The van der Waals surface area contributed by atoms with E-state index in [9.17, 15) is 4.79 Å². The molecular weight excluding hydrogens is 336 g/mol. The fourth-order valence-electron chi connectivity index (χ4n) is 3.60. The monoisotopic (exact) mass is 362 g/mol. The molecule has 0 saturated carbocycles. The maximum absolute atomic E-state index is 12.3. The van der Waals surface area contributed by atoms with Gasteiger partial charge in [0, 0.05) is 55.5 Å². The molecule has 2 N–H and O–H groups in total. The molecule has 1 aromatic heterocycles. The first kappa shape index (κ1) is 17.6. The highest BCUT2D eigenvalue weighted by Crippen LogP contribution is 2.19. The van der Waals surface area contributed by atoms with Crippen LogP contribution in [0.25, 0.3) is 10.9 Å². The van der Waals surface area contributed by atoms with Crippen molar-refractivity contribution in [2.75, 3.05) is 38.1 Å². The van der Waals surface area contributed by atoms with Gasteiger partial charge >= 0.3 is 0 Å². The van der Waals surface area contributed by atoms with E-state index >= 15 is 0 Å². The summed E-state index contributed by atoms with van der Waals surface area (Å²) in [5.41, 5.74) is 4.49. The summed E-state index contributed by atoms with van der Waals surface area (Å²) in [6, 6.07) is 16.6. The van der Waals surface area contributed by atoms with Crippen molar-refractivity contribution >= 4 is 22.5 Å². The summed E-state index contributed by atoms with van der Waals surface area (Å²) in [6.07, 6.45) is 2.32. The molecule has 0 aliphatic carbocycles. The Balaban J connectivity index is 1.31. The fourth-order valence-corrected chi connectivity index (χ4v) is 3.60. The number of rotatable bonds is 5. The molecule has 4 rings (SSSR count). The van der Waals surface area contributed by atoms with Crippen LogP contribution in [0.2, 0.25) is 0 Å². The van der Waals surface area contributed by atoms with Crippen molar-refractivity contribution in [3.05, 3.63) is 65.9 Å². The summed E-state index contributed by atoms with van der Waals surface area (Å²) >= 11 is 0. The van der Waals surface area contributed by atoms with Crippen molar-refractivity contribution in [1.82, 2.24) is 15.2 Å². The molecule has 1 aliphatic rings. The Kier molecular flexibility index (Phi) is 5.12. The number of piperazine rings is 1. The lowest BCUT2D eigenvalue weighted by molar-refractivity contribution is -0.120. The Morgan fingerprint density at radius 1 is 1.04 bits per heavy atom. The van der Waals surface area contributed by atoms with Gasteiger partial charge in [0.1, 0.15) is 0 Å². The van der Waals surface area contributed by atoms with Gasteiger partial charge < -0.3 is 20.1 Å². The van der Waals surface area contributed by atoms with Crippen molar-refractivity contribution in [3.8, 4) is 0 Å². The van der Waals surface area contributed by atoms with E-state index in [1.165, 1.54) is 5.69 Å². The number of H-pyrrole nitrogens is 1. The average molecular weight is 362 g/mol. The van der Waals surface area contributed by atoms with Crippen LogP contribution in [0.3, 0.4) is 0 Å². The summed E-state index contributed by atoms with van der Waals surface area (Å²) in [6.45, 7) is 4.90. The molecule has 140 valence electrons. The minimum atomic E-state index is 0.0443. The SMILES string of the molecule is CN1CCN(c2ccc(CNC(=O)Cc3c[nH]c4ccccc34)cc2)CC1. The predicted molar refractivity (Wildman–Crippen MR) is 110 cm³/mol. The molecule has 1 fully saturated rings. The second-order valence-corrected chi connectivity index (χ2v) is 7.27. The van der Waals surface area contributed by atoms with Crippen LogP contribution in [0.4, 0.5) is 5.69 Å². The number of amides is 1. The molecule has 2 heterocycles. The van der Waals surface area contributed by atoms with Crippen LogP contribution in [0.5, 0.6) is 0 Å². The fraction of sp³-hybridized carbons (Fsp3) is 0.318. The second-order valence-electron chi connectivity index (χ2n) is 7.27. The molecule has 1 amide bonds. The normalized spacial score (nSPS) is 15.2. The number of para-hydroxylation sites is 1. The van der Waals surface area contributed by atoms with Gasteiger partial charge in [-0.1, -0.05) is 30.3 Å². The summed E-state index contributed by atoms with van der Waals surface area (Å²) < 4.78 is 0. The van der Waals surface area contributed by atoms with E-state index < -0.39 is 0 Å². The predicted octanol–water partition coefficient (Wildman–Crippen LogP) is 2.78. The van der Waals surface area contributed by atoms with Crippen LogP contribution in [-0.2, 0) is 17.8 Å². The first-order valence-corrected chi connectivity index (χ1v) is 9.53. The van der Waals surface area contributed by atoms with Crippen LogP contribution < -0.4 is 10.2 Å². The summed E-state index contributed by atoms with van der Waals surface area (Å²) in [4.78, 5) is 20.3. The van der Waals surface area contributed by atoms with Gasteiger partial charge in [-0.25, -0.2) is 0 Å². The van der Waals surface area contributed by atoms with Gasteiger partial charge in [0.25, 0.3) is 0 Å². The maximum atomic E-state index is 12.3. The van der Waals surface area contributed by atoms with Crippen molar-refractivity contribution in [3.63, 3.8) is 0 Å². The maximum Gasteiger partial charge on any atom is 0.224 e. The van der Waals surface area contributed by atoms with E-state index in [-0.39, 0.29) is 5.91 Å². The number of anilines is 1. The van der Waals surface area contributed by atoms with E-state index in [0.717, 1.165) is 48.2 Å². The van der Waals surface area contributed by atoms with Gasteiger partial charge in [-0.2, -0.15) is 0 Å². The zero-order chi connectivity index (χ0) is 18.6. The minimum absolute atomic E-state index is 0.0443. The van der Waals surface area contributed by atoms with Crippen LogP contribution >= 0.6 is 0 Å². The lowest BCUT2D eigenvalue weighted by Gasteiger charge is -2.34. The highest BCUT2D eigenvalue weighted by Gasteiger charge is 2.14. The first-order chi connectivity index (χ1) is 13.2. The molecule has 5 heteroatoms. The van der Waals surface area contributed by atoms with Crippen LogP contribution in [0.1, 0.15) is 11.1 Å². The molecule has 0 spiro atoms. The zero-order valence-corrected chi connectivity index (χ0v) is 15.7. The number of benzene rings is 2. The summed E-state index contributed by atoms with van der Waals surface area (Å²) in [7, 11) is 2.17. The quantitative estimate of drug-likeness (QED) is 0.734. The van der Waals surface area contributed by atoms with E-state index in [0.29, 0.717) is 13.0 Å². The van der Waals surface area contributed by atoms with Crippen molar-refractivity contribution in [2.45, 2.75) is 13.0 Å². The number of likely N-dealkylation sites (N-methyl/N-ethyl adjacent to an activating group) is 1. The van der Waals surface area contributed by atoms with Gasteiger partial charge in [0.05, 0.1) is 6.42 Å². The molecule has 0 bridgehead atoms. The Bertz CT molecular complexity index is 907. The van der Waals surface area contributed by atoms with Gasteiger partial charge in [-0.3, -0.25) is 4.79 Å². The third kappa shape index (κ3) is 4.14. The molecule has 2 aromatic carbocycles. The number of hydrogen-bond donors (Lipinski definition) is 2. The minimum Gasteiger partial charge on any atom is -0.369 e. The average Bonchev–Trinajstić information content (AvgIpc) is 3.10. The topological polar surface area (TPSA) is 51.4 Å². The molecular formula is C22H26N4O. The Labute approximate surface area is 160 Å². The number of carbonyl (C=O) groups is 1. The van der Waals surface area contributed by atoms with Crippen molar-refractivity contribution in [1.29, 1.82) is 0 Å². The van der Waals surface area contributed by atoms with E-state index in [4.69, 9.17) is 0 Å². The van der Waals surface area contributed by atoms with Gasteiger partial charge in [-0.05, 0) is 36.4 Å². The van der Waals surface area contributed by atoms with Gasteiger partial charge in [0.15, 0.2) is 0 Å². The first-order valence-electron chi connectivity index (χ1n) is 9.53. The Morgan fingerprint density at radius 2 is 1.78 bits per heavy atom. The van der Waals surface area contributed by atoms with E-state index in [2.05, 4.69) is 51.4 Å². The molecule has 5 nitrogen and oxygen atoms in total. The molecule has 27 heavy (non-hydrogen) atoms. The lowest BCUT2D eigenvalue weighted by atomic mass is 10.1. The Hall–Kier alpha value is -2.79. The number of hydrogen-bond acceptors (Lipinski definition) is 3. The highest BCUT2D eigenvalue weighted by molar-refractivity contribution is 5.88. The van der Waals surface area contributed by atoms with E-state index in [1.54, 1.807) is 0 Å². The number of nitrogens with zero attached hydrogens (tertiary/aromatic N) is 2. The standard InChI is InChI=1S/C22H26N4O/c1-25-10-12-26(13-11-25)19-8-6-17(7-9-19)15-24-22(27)14-18-16-23-21-5-3-2-4-20(18)21/h2-9,16,23H,10-15H2,1H3,(H,24,27).